The topological polar surface area (TPSA) is 125 Å². The summed E-state index contributed by atoms with van der Waals surface area (Å²) in [6.45, 7) is 0. The van der Waals surface area contributed by atoms with Crippen molar-refractivity contribution in [1.82, 2.24) is 29.9 Å². The summed E-state index contributed by atoms with van der Waals surface area (Å²) >= 11 is 0. The van der Waals surface area contributed by atoms with Gasteiger partial charge in [0.05, 0.1) is 23.3 Å². The lowest BCUT2D eigenvalue weighted by Gasteiger charge is -2.15. The number of nitrogens with zero attached hydrogens (tertiary/aromatic N) is 8. The van der Waals surface area contributed by atoms with Crippen molar-refractivity contribution in [3.8, 4) is 114 Å². The SMILES string of the molecule is N#Cc1ccc(-c2cc(-c3ccc(C#N)cc3)cc(-c3cc(-c4nc(-c5ccccc5)nc(-c5ccccc5)n4)cc(-c4nc(-c5ccccc5)nc(-c5ccccc5)n4)c3)c2)cc1. The van der Waals surface area contributed by atoms with Crippen LogP contribution in [-0.2, 0) is 0 Å². The third kappa shape index (κ3) is 8.27. The predicted molar refractivity (Wildman–Crippen MR) is 252 cm³/mol. The van der Waals surface area contributed by atoms with Crippen molar-refractivity contribution in [3.05, 3.63) is 217 Å². The standard InChI is InChI=1S/C56H34N8/c57-35-37-21-25-39(26-22-37)45-29-46(40-27-23-38(36-58)24-28-40)31-47(30-45)48-32-49(55-61-51(41-13-5-1-6-14-41)59-52(62-55)42-15-7-2-8-16-42)34-50(33-48)56-63-53(43-17-9-3-10-18-43)60-54(64-56)44-19-11-4-12-20-44/h1-34H. The van der Waals surface area contributed by atoms with Crippen LogP contribution in [0.2, 0.25) is 0 Å². The number of aromatic nitrogens is 6. The smallest absolute Gasteiger partial charge is 0.164 e. The van der Waals surface area contributed by atoms with Crippen LogP contribution in [0.5, 0.6) is 0 Å². The lowest BCUT2D eigenvalue weighted by Crippen LogP contribution is -2.02. The molecule has 0 aliphatic heterocycles. The van der Waals surface area contributed by atoms with Crippen molar-refractivity contribution >= 4 is 0 Å². The van der Waals surface area contributed by atoms with Gasteiger partial charge in [0, 0.05) is 33.4 Å². The van der Waals surface area contributed by atoms with E-state index in [4.69, 9.17) is 29.9 Å². The molecular formula is C56H34N8. The molecule has 0 amide bonds. The third-order valence-corrected chi connectivity index (χ3v) is 10.8. The summed E-state index contributed by atoms with van der Waals surface area (Å²) in [7, 11) is 0. The van der Waals surface area contributed by atoms with Gasteiger partial charge in [-0.1, -0.05) is 146 Å². The van der Waals surface area contributed by atoms with Crippen LogP contribution in [-0.4, -0.2) is 29.9 Å². The first kappa shape index (κ1) is 38.9. The van der Waals surface area contributed by atoms with Crippen LogP contribution in [0.25, 0.3) is 102 Å². The van der Waals surface area contributed by atoms with Crippen LogP contribution in [0, 0.1) is 22.7 Å². The van der Waals surface area contributed by atoms with E-state index in [-0.39, 0.29) is 0 Å². The van der Waals surface area contributed by atoms with Crippen molar-refractivity contribution in [1.29, 1.82) is 10.5 Å². The molecule has 2 heterocycles. The molecule has 0 fully saturated rings. The summed E-state index contributed by atoms with van der Waals surface area (Å²) < 4.78 is 0. The fraction of sp³-hybridized carbons (Fsp3) is 0. The Balaban J connectivity index is 1.24. The molecule has 8 nitrogen and oxygen atoms in total. The molecule has 0 atom stereocenters. The van der Waals surface area contributed by atoms with Crippen LogP contribution in [0.4, 0.5) is 0 Å². The molecule has 8 aromatic carbocycles. The Bertz CT molecular complexity index is 3030. The van der Waals surface area contributed by atoms with E-state index in [1.165, 1.54) is 0 Å². The minimum absolute atomic E-state index is 0.479. The van der Waals surface area contributed by atoms with Crippen LogP contribution >= 0.6 is 0 Å². The van der Waals surface area contributed by atoms with E-state index in [1.54, 1.807) is 0 Å². The second kappa shape index (κ2) is 17.4. The van der Waals surface area contributed by atoms with Crippen LogP contribution in [0.1, 0.15) is 11.1 Å². The molecule has 2 aromatic heterocycles. The second-order valence-corrected chi connectivity index (χ2v) is 15.1. The van der Waals surface area contributed by atoms with Crippen LogP contribution < -0.4 is 0 Å². The quantitative estimate of drug-likeness (QED) is 0.141. The lowest BCUT2D eigenvalue weighted by molar-refractivity contribution is 1.07. The maximum Gasteiger partial charge on any atom is 0.164 e. The minimum atomic E-state index is 0.479. The van der Waals surface area contributed by atoms with E-state index in [2.05, 4.69) is 42.5 Å². The Morgan fingerprint density at radius 3 is 0.703 bits per heavy atom. The van der Waals surface area contributed by atoms with Gasteiger partial charge in [-0.25, -0.2) is 29.9 Å². The summed E-state index contributed by atoms with van der Waals surface area (Å²) in [5.41, 5.74) is 11.6. The number of nitriles is 2. The maximum absolute atomic E-state index is 9.59. The number of hydrogen-bond acceptors (Lipinski definition) is 8. The van der Waals surface area contributed by atoms with Crippen molar-refractivity contribution in [2.75, 3.05) is 0 Å². The highest BCUT2D eigenvalue weighted by atomic mass is 15.0. The average molecular weight is 819 g/mol. The molecular weight excluding hydrogens is 785 g/mol. The van der Waals surface area contributed by atoms with E-state index in [0.29, 0.717) is 46.1 Å². The Labute approximate surface area is 370 Å². The van der Waals surface area contributed by atoms with Gasteiger partial charge < -0.3 is 0 Å². The molecule has 0 bridgehead atoms. The van der Waals surface area contributed by atoms with E-state index < -0.39 is 0 Å². The van der Waals surface area contributed by atoms with Crippen LogP contribution in [0.3, 0.4) is 0 Å². The van der Waals surface area contributed by atoms with Crippen molar-refractivity contribution < 1.29 is 0 Å². The molecule has 0 aliphatic carbocycles. The molecule has 0 aliphatic rings. The molecule has 0 saturated heterocycles. The summed E-state index contributed by atoms with van der Waals surface area (Å²) in [6.07, 6.45) is 0. The minimum Gasteiger partial charge on any atom is -0.208 e. The van der Waals surface area contributed by atoms with Gasteiger partial charge in [-0.3, -0.25) is 0 Å². The van der Waals surface area contributed by atoms with Gasteiger partial charge in [0.15, 0.2) is 34.9 Å². The number of hydrogen-bond donors (Lipinski definition) is 0. The Kier molecular flexibility index (Phi) is 10.6. The monoisotopic (exact) mass is 818 g/mol. The van der Waals surface area contributed by atoms with E-state index in [1.807, 2.05) is 176 Å². The maximum atomic E-state index is 9.59. The van der Waals surface area contributed by atoms with E-state index >= 15 is 0 Å². The Hall–Kier alpha value is -9.24. The highest BCUT2D eigenvalue weighted by Crippen LogP contribution is 2.38. The highest BCUT2D eigenvalue weighted by Gasteiger charge is 2.19. The van der Waals surface area contributed by atoms with Gasteiger partial charge >= 0.3 is 0 Å². The molecule has 0 radical (unpaired) electrons. The zero-order valence-electron chi connectivity index (χ0n) is 34.2. The molecule has 0 spiro atoms. The van der Waals surface area contributed by atoms with Gasteiger partial charge in [0.2, 0.25) is 0 Å². The second-order valence-electron chi connectivity index (χ2n) is 15.1. The van der Waals surface area contributed by atoms with E-state index in [0.717, 1.165) is 66.8 Å². The van der Waals surface area contributed by atoms with Gasteiger partial charge in [-0.2, -0.15) is 10.5 Å². The molecule has 64 heavy (non-hydrogen) atoms. The zero-order chi connectivity index (χ0) is 43.2. The van der Waals surface area contributed by atoms with E-state index in [9.17, 15) is 10.5 Å². The molecule has 0 N–H and O–H groups in total. The van der Waals surface area contributed by atoms with Gasteiger partial charge in [-0.15, -0.1) is 0 Å². The lowest BCUT2D eigenvalue weighted by atomic mass is 9.91. The van der Waals surface area contributed by atoms with Crippen LogP contribution in [0.15, 0.2) is 206 Å². The number of benzene rings is 8. The van der Waals surface area contributed by atoms with Crippen molar-refractivity contribution in [3.63, 3.8) is 0 Å². The summed E-state index contributed by atoms with van der Waals surface area (Å²) in [4.78, 5) is 30.5. The van der Waals surface area contributed by atoms with Crippen molar-refractivity contribution in [2.24, 2.45) is 0 Å². The molecule has 10 aromatic rings. The molecule has 0 unspecified atom stereocenters. The Morgan fingerprint density at radius 1 is 0.219 bits per heavy atom. The third-order valence-electron chi connectivity index (χ3n) is 10.8. The Morgan fingerprint density at radius 2 is 0.438 bits per heavy atom. The molecule has 8 heteroatoms. The van der Waals surface area contributed by atoms with Gasteiger partial charge in [-0.05, 0) is 94.0 Å². The first-order valence-corrected chi connectivity index (χ1v) is 20.6. The fourth-order valence-corrected chi connectivity index (χ4v) is 7.53. The predicted octanol–water partition coefficient (Wildman–Crippen LogP) is 12.8. The fourth-order valence-electron chi connectivity index (χ4n) is 7.53. The molecule has 10 rings (SSSR count). The summed E-state index contributed by atoms with van der Waals surface area (Å²) in [5.74, 6) is 3.12. The zero-order valence-corrected chi connectivity index (χ0v) is 34.2. The molecule has 298 valence electrons. The summed E-state index contributed by atoms with van der Waals surface area (Å²) in [5, 5.41) is 19.2. The number of rotatable bonds is 9. The van der Waals surface area contributed by atoms with Crippen molar-refractivity contribution in [2.45, 2.75) is 0 Å². The average Bonchev–Trinajstić information content (AvgIpc) is 3.39. The summed E-state index contributed by atoms with van der Waals surface area (Å²) in [6, 6.07) is 71.9. The van der Waals surface area contributed by atoms with Gasteiger partial charge in [0.1, 0.15) is 0 Å². The normalized spacial score (nSPS) is 10.8. The largest absolute Gasteiger partial charge is 0.208 e. The highest BCUT2D eigenvalue weighted by molar-refractivity contribution is 5.85. The van der Waals surface area contributed by atoms with Gasteiger partial charge in [0.25, 0.3) is 0 Å². The first-order chi connectivity index (χ1) is 31.6. The first-order valence-electron chi connectivity index (χ1n) is 20.6. The molecule has 0 saturated carbocycles.